The Bertz CT molecular complexity index is 1390. The molecule has 242 valence electrons. The van der Waals surface area contributed by atoms with Crippen molar-refractivity contribution in [3.05, 3.63) is 89.5 Å². The van der Waals surface area contributed by atoms with Gasteiger partial charge in [-0.1, -0.05) is 36.4 Å². The van der Waals surface area contributed by atoms with Crippen LogP contribution in [0.2, 0.25) is 0 Å². The molecular formula is C34H41F3N4O4. The molecule has 2 fully saturated rings. The Kier molecular flexibility index (Phi) is 11.8. The summed E-state index contributed by atoms with van der Waals surface area (Å²) in [6.07, 6.45) is 0.897. The summed E-state index contributed by atoms with van der Waals surface area (Å²) in [4.78, 5) is 24.0. The van der Waals surface area contributed by atoms with Gasteiger partial charge in [0, 0.05) is 17.5 Å². The molecule has 1 aliphatic carbocycles. The van der Waals surface area contributed by atoms with Crippen molar-refractivity contribution in [2.75, 3.05) is 44.3 Å². The summed E-state index contributed by atoms with van der Waals surface area (Å²) in [5.41, 5.74) is 10.5. The van der Waals surface area contributed by atoms with Gasteiger partial charge >= 0.3 is 12.1 Å². The topological polar surface area (TPSA) is 117 Å². The first-order valence-corrected chi connectivity index (χ1v) is 15.2. The van der Waals surface area contributed by atoms with Crippen LogP contribution in [-0.2, 0) is 11.2 Å². The van der Waals surface area contributed by atoms with E-state index in [4.69, 9.17) is 20.4 Å². The number of piperidine rings is 1. The maximum Gasteiger partial charge on any atom is 0.490 e. The Labute approximate surface area is 261 Å². The van der Waals surface area contributed by atoms with E-state index in [0.717, 1.165) is 37.6 Å². The number of halogens is 3. The van der Waals surface area contributed by atoms with Gasteiger partial charge in [-0.2, -0.15) is 13.2 Å². The Morgan fingerprint density at radius 2 is 1.64 bits per heavy atom. The van der Waals surface area contributed by atoms with Crippen LogP contribution in [0, 0.1) is 5.92 Å². The average Bonchev–Trinajstić information content (AvgIpc) is 3.82. The number of ether oxygens (including phenoxy) is 1. The molecule has 1 heterocycles. The lowest BCUT2D eigenvalue weighted by atomic mass is 9.96. The normalized spacial score (nSPS) is 18.4. The Balaban J connectivity index is 0.000000591. The second-order valence-electron chi connectivity index (χ2n) is 11.6. The quantitative estimate of drug-likeness (QED) is 0.194. The predicted molar refractivity (Wildman–Crippen MR) is 169 cm³/mol. The number of anilines is 2. The van der Waals surface area contributed by atoms with Gasteiger partial charge in [0.25, 0.3) is 5.91 Å². The zero-order chi connectivity index (χ0) is 32.4. The maximum atomic E-state index is 12.5. The van der Waals surface area contributed by atoms with E-state index < -0.39 is 12.1 Å². The number of aryl methyl sites for hydroxylation is 1. The minimum atomic E-state index is -5.08. The second kappa shape index (κ2) is 15.8. The highest BCUT2D eigenvalue weighted by Crippen LogP contribution is 2.41. The molecule has 0 spiro atoms. The van der Waals surface area contributed by atoms with E-state index in [-0.39, 0.29) is 5.91 Å². The highest BCUT2D eigenvalue weighted by atomic mass is 19.4. The Morgan fingerprint density at radius 1 is 1.00 bits per heavy atom. The number of carbonyl (C=O) groups excluding carboxylic acids is 1. The van der Waals surface area contributed by atoms with E-state index >= 15 is 0 Å². The lowest BCUT2D eigenvalue weighted by Gasteiger charge is -2.32. The molecule has 0 aromatic heterocycles. The number of carbonyl (C=O) groups is 2. The first kappa shape index (κ1) is 33.8. The standard InChI is InChI=1S/C32H40N4O2.C2HF3O2/c1-38-27-14-12-25(13-15-27)28-21-31(28)34-22-24-16-19-36(20-17-24)18-4-5-23-8-10-26(11-9-23)32(37)35-30-7-3-2-6-29(30)33;3-2(4,5)1(6)7/h2-3,6-15,24,28,31,34H,4-5,16-22,33H2,1H3,(H,35,37);(H,6,7). The average molecular weight is 627 g/mol. The van der Waals surface area contributed by atoms with Crippen molar-refractivity contribution < 1.29 is 32.6 Å². The van der Waals surface area contributed by atoms with Crippen LogP contribution in [0.25, 0.3) is 0 Å². The summed E-state index contributed by atoms with van der Waals surface area (Å²) >= 11 is 0. The molecule has 0 radical (unpaired) electrons. The second-order valence-corrected chi connectivity index (χ2v) is 11.6. The van der Waals surface area contributed by atoms with Gasteiger partial charge < -0.3 is 31.1 Å². The number of likely N-dealkylation sites (tertiary alicyclic amines) is 1. The van der Waals surface area contributed by atoms with E-state index in [2.05, 4.69) is 51.9 Å². The first-order valence-electron chi connectivity index (χ1n) is 15.2. The molecule has 8 nitrogen and oxygen atoms in total. The molecule has 1 aliphatic heterocycles. The van der Waals surface area contributed by atoms with E-state index in [1.54, 1.807) is 13.2 Å². The fourth-order valence-electron chi connectivity index (χ4n) is 5.51. The number of nitrogens with one attached hydrogen (secondary N) is 2. The van der Waals surface area contributed by atoms with Crippen LogP contribution in [0.15, 0.2) is 72.8 Å². The number of hydrogen-bond acceptors (Lipinski definition) is 6. The lowest BCUT2D eigenvalue weighted by molar-refractivity contribution is -0.192. The minimum absolute atomic E-state index is 0.134. The van der Waals surface area contributed by atoms with Crippen molar-refractivity contribution in [2.24, 2.45) is 5.92 Å². The number of nitrogens with zero attached hydrogens (tertiary/aromatic N) is 1. The minimum Gasteiger partial charge on any atom is -0.497 e. The number of nitrogens with two attached hydrogens (primary N) is 1. The number of hydrogen-bond donors (Lipinski definition) is 4. The van der Waals surface area contributed by atoms with Gasteiger partial charge in [0.15, 0.2) is 0 Å². The van der Waals surface area contributed by atoms with Gasteiger partial charge in [-0.25, -0.2) is 4.79 Å². The van der Waals surface area contributed by atoms with Gasteiger partial charge in [0.2, 0.25) is 0 Å². The van der Waals surface area contributed by atoms with Crippen LogP contribution in [-0.4, -0.2) is 67.4 Å². The molecule has 0 bridgehead atoms. The van der Waals surface area contributed by atoms with Gasteiger partial charge in [0.05, 0.1) is 18.5 Å². The number of methoxy groups -OCH3 is 1. The van der Waals surface area contributed by atoms with Crippen molar-refractivity contribution in [1.29, 1.82) is 0 Å². The van der Waals surface area contributed by atoms with Crippen LogP contribution < -0.4 is 21.1 Å². The Hall–Kier alpha value is -4.09. The summed E-state index contributed by atoms with van der Waals surface area (Å²) in [5.74, 6) is -0.518. The van der Waals surface area contributed by atoms with Gasteiger partial charge in [-0.3, -0.25) is 4.79 Å². The van der Waals surface area contributed by atoms with Crippen molar-refractivity contribution in [2.45, 2.75) is 50.2 Å². The van der Waals surface area contributed by atoms with Crippen molar-refractivity contribution >= 4 is 23.3 Å². The van der Waals surface area contributed by atoms with Crippen LogP contribution >= 0.6 is 0 Å². The third-order valence-corrected chi connectivity index (χ3v) is 8.32. The lowest BCUT2D eigenvalue weighted by Crippen LogP contribution is -2.38. The van der Waals surface area contributed by atoms with E-state index in [9.17, 15) is 18.0 Å². The summed E-state index contributed by atoms with van der Waals surface area (Å²) in [5, 5.41) is 13.8. The number of carboxylic acids is 1. The van der Waals surface area contributed by atoms with Gasteiger partial charge in [-0.15, -0.1) is 0 Å². The SMILES string of the molecule is COc1ccc(C2CC2NCC2CCN(CCCc3ccc(C(=O)Nc4ccccc4N)cc3)CC2)cc1.O=C(O)C(F)(F)F. The molecule has 2 aliphatic rings. The van der Waals surface area contributed by atoms with Gasteiger partial charge in [-0.05, 0) is 112 Å². The monoisotopic (exact) mass is 626 g/mol. The van der Waals surface area contributed by atoms with Crippen LogP contribution in [0.5, 0.6) is 5.75 Å². The van der Waals surface area contributed by atoms with Crippen molar-refractivity contribution in [1.82, 2.24) is 10.2 Å². The fraction of sp³-hybridized carbons (Fsp3) is 0.412. The molecule has 3 aromatic carbocycles. The fourth-order valence-corrected chi connectivity index (χ4v) is 5.51. The summed E-state index contributed by atoms with van der Waals surface area (Å²) in [6.45, 7) is 4.67. The molecule has 5 rings (SSSR count). The van der Waals surface area contributed by atoms with E-state index in [1.807, 2.05) is 30.3 Å². The highest BCUT2D eigenvalue weighted by Gasteiger charge is 2.39. The number of amides is 1. The number of para-hydroxylation sites is 2. The molecule has 45 heavy (non-hydrogen) atoms. The van der Waals surface area contributed by atoms with E-state index in [1.165, 1.54) is 43.5 Å². The molecular weight excluding hydrogens is 585 g/mol. The zero-order valence-corrected chi connectivity index (χ0v) is 25.4. The summed E-state index contributed by atoms with van der Waals surface area (Å²) in [6, 6.07) is 24.4. The van der Waals surface area contributed by atoms with Crippen molar-refractivity contribution in [3.63, 3.8) is 0 Å². The summed E-state index contributed by atoms with van der Waals surface area (Å²) in [7, 11) is 1.72. The number of rotatable bonds is 11. The molecule has 5 N–H and O–H groups in total. The van der Waals surface area contributed by atoms with Gasteiger partial charge in [0.1, 0.15) is 5.75 Å². The number of nitrogen functional groups attached to an aromatic ring is 1. The highest BCUT2D eigenvalue weighted by molar-refractivity contribution is 6.05. The van der Waals surface area contributed by atoms with Crippen molar-refractivity contribution in [3.8, 4) is 5.75 Å². The first-order chi connectivity index (χ1) is 21.5. The third kappa shape index (κ3) is 10.5. The van der Waals surface area contributed by atoms with Crippen LogP contribution in [0.3, 0.4) is 0 Å². The maximum absolute atomic E-state index is 12.5. The molecule has 1 saturated heterocycles. The zero-order valence-electron chi connectivity index (χ0n) is 25.4. The molecule has 1 saturated carbocycles. The number of carboxylic acid groups (broad SMARTS) is 1. The molecule has 2 unspecified atom stereocenters. The smallest absolute Gasteiger partial charge is 0.490 e. The molecule has 1 amide bonds. The Morgan fingerprint density at radius 3 is 2.24 bits per heavy atom. The van der Waals surface area contributed by atoms with Crippen LogP contribution in [0.4, 0.5) is 24.5 Å². The molecule has 3 aromatic rings. The van der Waals surface area contributed by atoms with E-state index in [0.29, 0.717) is 28.9 Å². The summed E-state index contributed by atoms with van der Waals surface area (Å²) < 4.78 is 37.0. The largest absolute Gasteiger partial charge is 0.497 e. The molecule has 2 atom stereocenters. The number of alkyl halides is 3. The predicted octanol–water partition coefficient (Wildman–Crippen LogP) is 5.95. The number of benzene rings is 3. The third-order valence-electron chi connectivity index (χ3n) is 8.32. The number of aliphatic carboxylic acids is 1. The van der Waals surface area contributed by atoms with Crippen LogP contribution in [0.1, 0.15) is 53.1 Å². The molecule has 11 heteroatoms.